The van der Waals surface area contributed by atoms with Crippen molar-refractivity contribution in [2.24, 2.45) is 11.8 Å². The van der Waals surface area contributed by atoms with Gasteiger partial charge in [-0.3, -0.25) is 0 Å². The highest BCUT2D eigenvalue weighted by Crippen LogP contribution is 2.49. The predicted octanol–water partition coefficient (Wildman–Crippen LogP) is 7.26. The summed E-state index contributed by atoms with van der Waals surface area (Å²) in [4.78, 5) is 12.4. The van der Waals surface area contributed by atoms with Gasteiger partial charge >= 0.3 is 6.18 Å². The molecule has 0 spiro atoms. The van der Waals surface area contributed by atoms with Gasteiger partial charge in [0.1, 0.15) is 17.9 Å². The minimum Gasteiger partial charge on any atom is -0.492 e. The van der Waals surface area contributed by atoms with E-state index in [0.717, 1.165) is 38.3 Å². The Kier molecular flexibility index (Phi) is 10.7. The fourth-order valence-corrected chi connectivity index (χ4v) is 4.74. The van der Waals surface area contributed by atoms with Gasteiger partial charge in [-0.15, -0.1) is 0 Å². The molecule has 4 nitrogen and oxygen atoms in total. The summed E-state index contributed by atoms with van der Waals surface area (Å²) in [5, 5.41) is 7.00. The topological polar surface area (TPSA) is 49.8 Å². The Balaban J connectivity index is 0.00000235. The van der Waals surface area contributed by atoms with Gasteiger partial charge in [0.2, 0.25) is 5.92 Å². The molecule has 0 bridgehead atoms. The molecule has 0 radical (unpaired) electrons. The number of carbonyl (C=O) groups is 1. The Labute approximate surface area is 214 Å². The number of aliphatic hydroxyl groups excluding tert-OH is 1. The van der Waals surface area contributed by atoms with Gasteiger partial charge in [-0.2, -0.15) is 13.2 Å². The number of alkyl halides is 6. The second kappa shape index (κ2) is 12.9. The third kappa shape index (κ3) is 8.53. The average Bonchev–Trinajstić information content (AvgIpc) is 2.96. The minimum absolute atomic E-state index is 0.00173. The van der Waals surface area contributed by atoms with E-state index < -0.39 is 53.0 Å². The quantitative estimate of drug-likeness (QED) is 0.275. The summed E-state index contributed by atoms with van der Waals surface area (Å²) in [5.41, 5.74) is -2.54. The molecule has 37 heavy (non-hydrogen) atoms. The highest BCUT2D eigenvalue weighted by molar-refractivity contribution is 8.00. The van der Waals surface area contributed by atoms with Crippen molar-refractivity contribution in [3.63, 3.8) is 0 Å². The van der Waals surface area contributed by atoms with Gasteiger partial charge in [-0.25, -0.2) is 17.6 Å². The lowest BCUT2D eigenvalue weighted by Gasteiger charge is -2.29. The van der Waals surface area contributed by atoms with Gasteiger partial charge < -0.3 is 19.5 Å². The second-order valence-electron chi connectivity index (χ2n) is 8.66. The standard InChI is InChI=1S/C24H24F7NO2S.CH4O/c1-14(12-33)13-34-20-10-21-19(9-18(20)24(29,30)31)32(17-5-3-16(25)4-6-17)11-15(22(26)35-21)7-8-23(2,27)28;1-2/h3-6,9-10,12,14-15,22H,7-8,11,13H2,1-2H3;2H,1H3. The van der Waals surface area contributed by atoms with Crippen LogP contribution in [0.3, 0.4) is 0 Å². The molecule has 3 atom stereocenters. The molecule has 1 N–H and O–H groups in total. The number of carbonyl (C=O) groups excluding carboxylic acids is 1. The van der Waals surface area contributed by atoms with Crippen LogP contribution < -0.4 is 9.64 Å². The maximum atomic E-state index is 15.3. The summed E-state index contributed by atoms with van der Waals surface area (Å²) in [6.45, 7) is 1.68. The number of halogens is 7. The number of aliphatic hydroxyl groups is 1. The minimum atomic E-state index is -4.83. The lowest BCUT2D eigenvalue weighted by Crippen LogP contribution is -2.29. The van der Waals surface area contributed by atoms with Crippen molar-refractivity contribution < 1.29 is 45.4 Å². The number of ether oxygens (including phenoxy) is 1. The van der Waals surface area contributed by atoms with E-state index in [-0.39, 0.29) is 35.8 Å². The van der Waals surface area contributed by atoms with Crippen LogP contribution in [0, 0.1) is 17.7 Å². The first-order valence-corrected chi connectivity index (χ1v) is 12.2. The van der Waals surface area contributed by atoms with E-state index in [0.29, 0.717) is 18.0 Å². The van der Waals surface area contributed by atoms with Crippen LogP contribution in [-0.4, -0.2) is 43.1 Å². The van der Waals surface area contributed by atoms with Gasteiger partial charge in [-0.1, -0.05) is 18.7 Å². The van der Waals surface area contributed by atoms with Crippen LogP contribution in [0.25, 0.3) is 0 Å². The average molecular weight is 556 g/mol. The first-order valence-electron chi connectivity index (χ1n) is 11.3. The molecule has 0 fully saturated rings. The molecule has 1 aliphatic heterocycles. The summed E-state index contributed by atoms with van der Waals surface area (Å²) in [6.07, 6.45) is -5.11. The number of aldehydes is 1. The second-order valence-corrected chi connectivity index (χ2v) is 9.79. The van der Waals surface area contributed by atoms with E-state index >= 15 is 4.39 Å². The number of nitrogens with zero attached hydrogens (tertiary/aromatic N) is 1. The van der Waals surface area contributed by atoms with Crippen molar-refractivity contribution in [2.75, 3.05) is 25.2 Å². The molecule has 1 aliphatic rings. The number of anilines is 2. The summed E-state index contributed by atoms with van der Waals surface area (Å²) in [5.74, 6) is -5.80. The molecule has 3 unspecified atom stereocenters. The predicted molar refractivity (Wildman–Crippen MR) is 128 cm³/mol. The van der Waals surface area contributed by atoms with E-state index in [2.05, 4.69) is 0 Å². The van der Waals surface area contributed by atoms with E-state index in [1.54, 1.807) is 0 Å². The number of rotatable bonds is 8. The van der Waals surface area contributed by atoms with E-state index in [4.69, 9.17) is 9.84 Å². The normalized spacial score (nSPS) is 18.7. The maximum Gasteiger partial charge on any atom is 0.420 e. The molecule has 0 aliphatic carbocycles. The van der Waals surface area contributed by atoms with E-state index in [9.17, 15) is 31.1 Å². The molecule has 0 amide bonds. The largest absolute Gasteiger partial charge is 0.492 e. The molecule has 12 heteroatoms. The SMILES string of the molecule is CC(C=O)COc1cc2c(cc1C(F)(F)F)N(c1ccc(F)cc1)CC(CCC(C)(F)F)C(F)S2.CO. The molecule has 2 aromatic carbocycles. The molecule has 0 saturated carbocycles. The zero-order valence-electron chi connectivity index (χ0n) is 20.4. The molecular formula is C25H28F7NO3S. The molecule has 0 aromatic heterocycles. The van der Waals surface area contributed by atoms with Gasteiger partial charge in [-0.05, 0) is 49.7 Å². The van der Waals surface area contributed by atoms with Crippen LogP contribution in [0.5, 0.6) is 5.75 Å². The molecular weight excluding hydrogens is 527 g/mol. The van der Waals surface area contributed by atoms with Gasteiger partial charge in [0.15, 0.2) is 5.50 Å². The van der Waals surface area contributed by atoms with Crippen molar-refractivity contribution in [1.29, 1.82) is 0 Å². The number of benzene rings is 2. The molecule has 0 saturated heterocycles. The van der Waals surface area contributed by atoms with Gasteiger partial charge in [0.05, 0.1) is 17.9 Å². The van der Waals surface area contributed by atoms with Crippen LogP contribution >= 0.6 is 11.8 Å². The van der Waals surface area contributed by atoms with Crippen LogP contribution in [-0.2, 0) is 11.0 Å². The van der Waals surface area contributed by atoms with Crippen molar-refractivity contribution in [3.05, 3.63) is 47.8 Å². The third-order valence-electron chi connectivity index (χ3n) is 5.51. The fourth-order valence-electron chi connectivity index (χ4n) is 3.62. The zero-order chi connectivity index (χ0) is 28.0. The number of thioether (sulfide) groups is 1. The Bertz CT molecular complexity index is 1030. The van der Waals surface area contributed by atoms with E-state index in [1.807, 2.05) is 0 Å². The van der Waals surface area contributed by atoms with Crippen molar-refractivity contribution >= 4 is 29.4 Å². The van der Waals surface area contributed by atoms with Crippen LogP contribution in [0.4, 0.5) is 42.1 Å². The molecule has 3 rings (SSSR count). The highest BCUT2D eigenvalue weighted by Gasteiger charge is 2.39. The Morgan fingerprint density at radius 2 is 1.78 bits per heavy atom. The maximum absolute atomic E-state index is 15.3. The van der Waals surface area contributed by atoms with Crippen LogP contribution in [0.15, 0.2) is 41.3 Å². The summed E-state index contributed by atoms with van der Waals surface area (Å²) in [6, 6.07) is 6.75. The fraction of sp³-hybridized carbons (Fsp3) is 0.480. The Morgan fingerprint density at radius 1 is 1.16 bits per heavy atom. The number of fused-ring (bicyclic) bond motifs is 1. The summed E-state index contributed by atoms with van der Waals surface area (Å²) in [7, 11) is 1.00. The molecule has 206 valence electrons. The third-order valence-corrected chi connectivity index (χ3v) is 6.70. The monoisotopic (exact) mass is 555 g/mol. The van der Waals surface area contributed by atoms with Crippen LogP contribution in [0.1, 0.15) is 32.3 Å². The lowest BCUT2D eigenvalue weighted by molar-refractivity contribution is -0.139. The number of hydrogen-bond donors (Lipinski definition) is 1. The van der Waals surface area contributed by atoms with Gasteiger partial charge in [0.25, 0.3) is 0 Å². The van der Waals surface area contributed by atoms with Crippen molar-refractivity contribution in [3.8, 4) is 5.75 Å². The zero-order valence-corrected chi connectivity index (χ0v) is 21.2. The molecule has 1 heterocycles. The lowest BCUT2D eigenvalue weighted by atomic mass is 10.00. The van der Waals surface area contributed by atoms with Crippen LogP contribution in [0.2, 0.25) is 0 Å². The van der Waals surface area contributed by atoms with E-state index in [1.165, 1.54) is 24.0 Å². The smallest absolute Gasteiger partial charge is 0.420 e. The molecule has 2 aromatic rings. The van der Waals surface area contributed by atoms with Crippen molar-refractivity contribution in [2.45, 2.75) is 49.2 Å². The van der Waals surface area contributed by atoms with Gasteiger partial charge in [0, 0.05) is 42.5 Å². The van der Waals surface area contributed by atoms with Crippen molar-refractivity contribution in [1.82, 2.24) is 0 Å². The summed E-state index contributed by atoms with van der Waals surface area (Å²) < 4.78 is 103. The number of hydrogen-bond acceptors (Lipinski definition) is 5. The first-order chi connectivity index (χ1) is 17.3. The first kappa shape index (κ1) is 30.8. The Hall–Kier alpha value is -2.47. The highest BCUT2D eigenvalue weighted by atomic mass is 32.2. The summed E-state index contributed by atoms with van der Waals surface area (Å²) >= 11 is 0.622. The Morgan fingerprint density at radius 3 is 2.32 bits per heavy atom.